The van der Waals surface area contributed by atoms with Crippen molar-refractivity contribution in [1.82, 2.24) is 0 Å². The molecule has 4 nitrogen and oxygen atoms in total. The van der Waals surface area contributed by atoms with E-state index in [-0.39, 0.29) is 12.1 Å². The van der Waals surface area contributed by atoms with Gasteiger partial charge in [-0.15, -0.1) is 0 Å². The second-order valence-electron chi connectivity index (χ2n) is 14.2. The Morgan fingerprint density at radius 3 is 1.35 bits per heavy atom. The van der Waals surface area contributed by atoms with Crippen molar-refractivity contribution < 1.29 is 19.4 Å². The van der Waals surface area contributed by atoms with Crippen molar-refractivity contribution in [3.8, 4) is 0 Å². The van der Waals surface area contributed by atoms with Gasteiger partial charge >= 0.3 is 11.9 Å². The highest BCUT2D eigenvalue weighted by Gasteiger charge is 2.14. The van der Waals surface area contributed by atoms with Crippen molar-refractivity contribution in [2.45, 2.75) is 232 Å². The number of carboxylic acid groups (broad SMARTS) is 1. The van der Waals surface area contributed by atoms with Gasteiger partial charge in [-0.1, -0.05) is 179 Å². The monoisotopic (exact) mass is 673 g/mol. The normalized spacial score (nSPS) is 12.5. The third-order valence-electron chi connectivity index (χ3n) is 9.38. The summed E-state index contributed by atoms with van der Waals surface area (Å²) in [6, 6.07) is 0. The maximum Gasteiger partial charge on any atom is 0.306 e. The highest BCUT2D eigenvalue weighted by molar-refractivity contribution is 5.69. The topological polar surface area (TPSA) is 63.6 Å². The number of ether oxygens (including phenoxy) is 1. The highest BCUT2D eigenvalue weighted by Crippen LogP contribution is 2.19. The molecular formula is C44H80O4. The Morgan fingerprint density at radius 1 is 0.479 bits per heavy atom. The van der Waals surface area contributed by atoms with Crippen molar-refractivity contribution in [2.75, 3.05) is 0 Å². The average molecular weight is 673 g/mol. The van der Waals surface area contributed by atoms with Crippen LogP contribution in [0.25, 0.3) is 0 Å². The molecule has 280 valence electrons. The number of esters is 1. The first-order valence-electron chi connectivity index (χ1n) is 21.0. The third kappa shape index (κ3) is 38.6. The molecule has 0 fully saturated rings. The summed E-state index contributed by atoms with van der Waals surface area (Å²) in [4.78, 5) is 23.4. The van der Waals surface area contributed by atoms with Gasteiger partial charge in [-0.05, 0) is 70.6 Å². The first kappa shape index (κ1) is 46.2. The smallest absolute Gasteiger partial charge is 0.306 e. The number of hydrogen-bond acceptors (Lipinski definition) is 3. The molecule has 0 aliphatic rings. The standard InChI is InChI=1S/C44H80O4/c1-3-5-7-9-11-13-15-16-17-18-19-20-21-23-29-33-37-41-44(47)48-42(38-34-30-26-22-14-12-10-8-6-4-2)39-35-31-27-24-25-28-32-36-40-43(45)46/h5,7,11,13,16-17,42H,3-4,6,8-10,12,14-15,18-41H2,1-2H3,(H,45,46)/b7-5-,13-11-,17-16-. The van der Waals surface area contributed by atoms with Crippen LogP contribution in [0, 0.1) is 0 Å². The largest absolute Gasteiger partial charge is 0.481 e. The minimum Gasteiger partial charge on any atom is -0.481 e. The van der Waals surface area contributed by atoms with E-state index in [0.29, 0.717) is 12.8 Å². The van der Waals surface area contributed by atoms with Gasteiger partial charge in [0.25, 0.3) is 0 Å². The lowest BCUT2D eigenvalue weighted by Gasteiger charge is -2.18. The number of aliphatic carboxylic acids is 1. The number of carbonyl (C=O) groups is 2. The predicted octanol–water partition coefficient (Wildman–Crippen LogP) is 14.6. The van der Waals surface area contributed by atoms with E-state index in [1.807, 2.05) is 0 Å². The van der Waals surface area contributed by atoms with Crippen LogP contribution in [0.3, 0.4) is 0 Å². The Labute approximate surface area is 299 Å². The van der Waals surface area contributed by atoms with Crippen LogP contribution in [-0.2, 0) is 14.3 Å². The minimum absolute atomic E-state index is 0.0208. The lowest BCUT2D eigenvalue weighted by molar-refractivity contribution is -0.150. The maximum atomic E-state index is 12.7. The van der Waals surface area contributed by atoms with Crippen LogP contribution in [0.5, 0.6) is 0 Å². The molecular weight excluding hydrogens is 592 g/mol. The minimum atomic E-state index is -0.682. The molecule has 0 amide bonds. The van der Waals surface area contributed by atoms with Gasteiger partial charge in [-0.2, -0.15) is 0 Å². The van der Waals surface area contributed by atoms with Gasteiger partial charge in [0.1, 0.15) is 6.10 Å². The lowest BCUT2D eigenvalue weighted by Crippen LogP contribution is -2.18. The van der Waals surface area contributed by atoms with Crippen molar-refractivity contribution in [1.29, 1.82) is 0 Å². The zero-order valence-electron chi connectivity index (χ0n) is 32.0. The van der Waals surface area contributed by atoms with Crippen molar-refractivity contribution in [3.05, 3.63) is 36.5 Å². The molecule has 0 aromatic rings. The van der Waals surface area contributed by atoms with Gasteiger partial charge in [0, 0.05) is 12.8 Å². The van der Waals surface area contributed by atoms with E-state index in [1.165, 1.54) is 128 Å². The lowest BCUT2D eigenvalue weighted by atomic mass is 10.0. The van der Waals surface area contributed by atoms with Gasteiger partial charge < -0.3 is 9.84 Å². The molecule has 0 saturated carbocycles. The molecule has 0 radical (unpaired) electrons. The van der Waals surface area contributed by atoms with Gasteiger partial charge in [-0.25, -0.2) is 0 Å². The zero-order valence-corrected chi connectivity index (χ0v) is 32.0. The van der Waals surface area contributed by atoms with Crippen molar-refractivity contribution in [3.63, 3.8) is 0 Å². The van der Waals surface area contributed by atoms with E-state index in [2.05, 4.69) is 50.3 Å². The summed E-state index contributed by atoms with van der Waals surface area (Å²) in [5.74, 6) is -0.661. The number of unbranched alkanes of at least 4 members (excludes halogenated alkanes) is 23. The Morgan fingerprint density at radius 2 is 0.875 bits per heavy atom. The van der Waals surface area contributed by atoms with Crippen LogP contribution in [0.2, 0.25) is 0 Å². The fraction of sp³-hybridized carbons (Fsp3) is 0.818. The molecule has 1 N–H and O–H groups in total. The van der Waals surface area contributed by atoms with Crippen LogP contribution in [-0.4, -0.2) is 23.1 Å². The Bertz CT molecular complexity index is 768. The fourth-order valence-corrected chi connectivity index (χ4v) is 6.32. The summed E-state index contributed by atoms with van der Waals surface area (Å²) < 4.78 is 6.05. The molecule has 0 aromatic carbocycles. The number of carbonyl (C=O) groups excluding carboxylic acids is 1. The van der Waals surface area contributed by atoms with E-state index in [0.717, 1.165) is 70.6 Å². The molecule has 0 aromatic heterocycles. The van der Waals surface area contributed by atoms with E-state index >= 15 is 0 Å². The predicted molar refractivity (Wildman–Crippen MR) is 209 cm³/mol. The van der Waals surface area contributed by atoms with E-state index in [1.54, 1.807) is 0 Å². The Balaban J connectivity index is 4.06. The first-order valence-corrected chi connectivity index (χ1v) is 21.0. The summed E-state index contributed by atoms with van der Waals surface area (Å²) in [7, 11) is 0. The van der Waals surface area contributed by atoms with Crippen LogP contribution >= 0.6 is 0 Å². The second-order valence-corrected chi connectivity index (χ2v) is 14.2. The number of hydrogen-bond donors (Lipinski definition) is 1. The zero-order chi connectivity index (χ0) is 35.0. The van der Waals surface area contributed by atoms with Crippen LogP contribution in [0.4, 0.5) is 0 Å². The van der Waals surface area contributed by atoms with Gasteiger partial charge in [-0.3, -0.25) is 9.59 Å². The average Bonchev–Trinajstić information content (AvgIpc) is 3.07. The van der Waals surface area contributed by atoms with Crippen molar-refractivity contribution >= 4 is 11.9 Å². The SMILES string of the molecule is CC/C=C\C/C=C\C/C=C\CCCCCCCCCC(=O)OC(CCCCCCCCCCCC)CCCCCCCCCCC(=O)O. The molecule has 0 rings (SSSR count). The molecule has 4 heteroatoms. The van der Waals surface area contributed by atoms with Crippen molar-refractivity contribution in [2.24, 2.45) is 0 Å². The van der Waals surface area contributed by atoms with Crippen LogP contribution in [0.15, 0.2) is 36.5 Å². The molecule has 0 spiro atoms. The molecule has 0 aliphatic carbocycles. The van der Waals surface area contributed by atoms with E-state index in [9.17, 15) is 9.59 Å². The number of carboxylic acids is 1. The molecule has 1 atom stereocenters. The maximum absolute atomic E-state index is 12.7. The summed E-state index contributed by atoms with van der Waals surface area (Å²) in [6.07, 6.45) is 51.7. The van der Waals surface area contributed by atoms with Gasteiger partial charge in [0.15, 0.2) is 0 Å². The van der Waals surface area contributed by atoms with E-state index in [4.69, 9.17) is 9.84 Å². The summed E-state index contributed by atoms with van der Waals surface area (Å²) in [6.45, 7) is 4.45. The molecule has 48 heavy (non-hydrogen) atoms. The fourth-order valence-electron chi connectivity index (χ4n) is 6.32. The van der Waals surface area contributed by atoms with Crippen LogP contribution in [0.1, 0.15) is 226 Å². The van der Waals surface area contributed by atoms with Gasteiger partial charge in [0.05, 0.1) is 0 Å². The quantitative estimate of drug-likeness (QED) is 0.0403. The molecule has 0 aliphatic heterocycles. The first-order chi connectivity index (χ1) is 23.6. The third-order valence-corrected chi connectivity index (χ3v) is 9.38. The summed E-state index contributed by atoms with van der Waals surface area (Å²) >= 11 is 0. The number of rotatable bonds is 38. The second kappa shape index (κ2) is 39.6. The van der Waals surface area contributed by atoms with E-state index < -0.39 is 5.97 Å². The van der Waals surface area contributed by atoms with Crippen LogP contribution < -0.4 is 0 Å². The number of allylic oxidation sites excluding steroid dienone is 6. The summed E-state index contributed by atoms with van der Waals surface area (Å²) in [5.41, 5.74) is 0. The molecule has 0 bridgehead atoms. The molecule has 0 heterocycles. The highest BCUT2D eigenvalue weighted by atomic mass is 16.5. The molecule has 1 unspecified atom stereocenters. The summed E-state index contributed by atoms with van der Waals surface area (Å²) in [5, 5.41) is 8.76. The Kier molecular flexibility index (Phi) is 38.1. The Hall–Kier alpha value is -1.84. The van der Waals surface area contributed by atoms with Gasteiger partial charge in [0.2, 0.25) is 0 Å². The molecule has 0 saturated heterocycles.